The van der Waals surface area contributed by atoms with E-state index in [-0.39, 0.29) is 5.56 Å². The minimum atomic E-state index is -2.37. The van der Waals surface area contributed by atoms with Gasteiger partial charge in [0.25, 0.3) is 6.43 Å². The molecule has 1 fully saturated rings. The summed E-state index contributed by atoms with van der Waals surface area (Å²) in [6.07, 6.45) is 1.39. The summed E-state index contributed by atoms with van der Waals surface area (Å²) in [5, 5.41) is 3.49. The normalized spacial score (nSPS) is 24.5. The molecule has 1 N–H and O–H groups in total. The predicted octanol–water partition coefficient (Wildman–Crippen LogP) is 3.90. The third kappa shape index (κ3) is 3.50. The van der Waals surface area contributed by atoms with Gasteiger partial charge in [0.1, 0.15) is 0 Å². The van der Waals surface area contributed by atoms with Crippen LogP contribution in [0.4, 0.5) is 8.78 Å². The van der Waals surface area contributed by atoms with Crippen molar-refractivity contribution < 1.29 is 8.78 Å². The molecule has 1 saturated carbocycles. The molecule has 1 aromatic carbocycles. The highest BCUT2D eigenvalue weighted by atomic mass is 19.3. The molecule has 94 valence electrons. The van der Waals surface area contributed by atoms with Gasteiger partial charge in [-0.25, -0.2) is 8.78 Å². The highest BCUT2D eigenvalue weighted by Crippen LogP contribution is 2.25. The minimum absolute atomic E-state index is 0.100. The van der Waals surface area contributed by atoms with Crippen LogP contribution in [0.5, 0.6) is 0 Å². The van der Waals surface area contributed by atoms with E-state index in [1.54, 1.807) is 12.1 Å². The topological polar surface area (TPSA) is 12.0 Å². The lowest BCUT2D eigenvalue weighted by Gasteiger charge is -2.12. The Labute approximate surface area is 101 Å². The first-order chi connectivity index (χ1) is 8.15. The van der Waals surface area contributed by atoms with Crippen molar-refractivity contribution in [3.05, 3.63) is 35.4 Å². The molecule has 0 bridgehead atoms. The molecule has 1 aliphatic carbocycles. The van der Waals surface area contributed by atoms with E-state index in [0.717, 1.165) is 18.0 Å². The van der Waals surface area contributed by atoms with Gasteiger partial charge in [0.15, 0.2) is 0 Å². The summed E-state index contributed by atoms with van der Waals surface area (Å²) < 4.78 is 24.7. The number of nitrogens with one attached hydrogen (secondary N) is 1. The van der Waals surface area contributed by atoms with Crippen LogP contribution >= 0.6 is 0 Å². The molecule has 1 nitrogen and oxygen atoms in total. The van der Waals surface area contributed by atoms with Gasteiger partial charge in [0.2, 0.25) is 0 Å². The van der Waals surface area contributed by atoms with Crippen LogP contribution in [0.25, 0.3) is 0 Å². The predicted molar refractivity (Wildman–Crippen MR) is 65.0 cm³/mol. The molecule has 1 aliphatic rings. The maximum Gasteiger partial charge on any atom is 0.263 e. The number of hydrogen-bond acceptors (Lipinski definition) is 1. The number of benzene rings is 1. The molecule has 0 heterocycles. The average molecular weight is 239 g/mol. The van der Waals surface area contributed by atoms with Gasteiger partial charge in [-0.3, -0.25) is 0 Å². The van der Waals surface area contributed by atoms with Crippen molar-refractivity contribution in [2.75, 3.05) is 0 Å². The van der Waals surface area contributed by atoms with E-state index in [1.807, 2.05) is 0 Å². The highest BCUT2D eigenvalue weighted by molar-refractivity contribution is 5.23. The van der Waals surface area contributed by atoms with Crippen LogP contribution < -0.4 is 5.32 Å². The first-order valence-electron chi connectivity index (χ1n) is 6.25. The second-order valence-electron chi connectivity index (χ2n) is 5.04. The standard InChI is InChI=1S/C14H19F2N/c1-10-2-7-13(8-10)17-9-11-3-5-12(6-4-11)14(15)16/h3-6,10,13-14,17H,2,7-9H2,1H3. The Morgan fingerprint density at radius 2 is 1.94 bits per heavy atom. The summed E-state index contributed by atoms with van der Waals surface area (Å²) >= 11 is 0. The number of alkyl halides is 2. The lowest BCUT2D eigenvalue weighted by Crippen LogP contribution is -2.25. The third-order valence-electron chi connectivity index (χ3n) is 3.52. The molecule has 3 heteroatoms. The SMILES string of the molecule is CC1CCC(NCc2ccc(C(F)F)cc2)C1. The lowest BCUT2D eigenvalue weighted by molar-refractivity contribution is 0.151. The van der Waals surface area contributed by atoms with E-state index in [2.05, 4.69) is 12.2 Å². The molecule has 0 aliphatic heterocycles. The molecule has 2 rings (SSSR count). The van der Waals surface area contributed by atoms with Crippen molar-refractivity contribution in [3.8, 4) is 0 Å². The van der Waals surface area contributed by atoms with E-state index in [4.69, 9.17) is 0 Å². The van der Waals surface area contributed by atoms with Crippen LogP contribution in [-0.2, 0) is 6.54 Å². The van der Waals surface area contributed by atoms with Gasteiger partial charge in [0.05, 0.1) is 0 Å². The first-order valence-corrected chi connectivity index (χ1v) is 6.25. The molecule has 1 aromatic rings. The molecule has 0 saturated heterocycles. The number of hydrogen-bond donors (Lipinski definition) is 1. The largest absolute Gasteiger partial charge is 0.310 e. The Kier molecular flexibility index (Phi) is 4.11. The smallest absolute Gasteiger partial charge is 0.263 e. The van der Waals surface area contributed by atoms with Gasteiger partial charge in [-0.05, 0) is 30.7 Å². The second-order valence-corrected chi connectivity index (χ2v) is 5.04. The summed E-state index contributed by atoms with van der Waals surface area (Å²) in [6, 6.07) is 7.19. The maximum atomic E-state index is 12.4. The summed E-state index contributed by atoms with van der Waals surface area (Å²) in [5.41, 5.74) is 1.18. The summed E-state index contributed by atoms with van der Waals surface area (Å²) in [4.78, 5) is 0. The van der Waals surface area contributed by atoms with Crippen molar-refractivity contribution in [3.63, 3.8) is 0 Å². The second kappa shape index (κ2) is 5.58. The summed E-state index contributed by atoms with van der Waals surface area (Å²) in [6.45, 7) is 3.06. The fourth-order valence-corrected chi connectivity index (χ4v) is 2.44. The fourth-order valence-electron chi connectivity index (χ4n) is 2.44. The van der Waals surface area contributed by atoms with Crippen molar-refractivity contribution >= 4 is 0 Å². The van der Waals surface area contributed by atoms with Crippen LogP contribution in [0.15, 0.2) is 24.3 Å². The monoisotopic (exact) mass is 239 g/mol. The van der Waals surface area contributed by atoms with Crippen LogP contribution in [0, 0.1) is 5.92 Å². The molecule has 2 atom stereocenters. The van der Waals surface area contributed by atoms with Gasteiger partial charge in [-0.15, -0.1) is 0 Å². The molecule has 0 radical (unpaired) electrons. The average Bonchev–Trinajstić information content (AvgIpc) is 2.73. The van der Waals surface area contributed by atoms with Gasteiger partial charge in [-0.2, -0.15) is 0 Å². The fraction of sp³-hybridized carbons (Fsp3) is 0.571. The zero-order valence-electron chi connectivity index (χ0n) is 10.1. The van der Waals surface area contributed by atoms with Crippen molar-refractivity contribution in [2.45, 2.75) is 45.2 Å². The van der Waals surface area contributed by atoms with Gasteiger partial charge in [0, 0.05) is 18.2 Å². The van der Waals surface area contributed by atoms with E-state index in [0.29, 0.717) is 6.04 Å². The van der Waals surface area contributed by atoms with Gasteiger partial charge >= 0.3 is 0 Å². The minimum Gasteiger partial charge on any atom is -0.310 e. The molecule has 0 aromatic heterocycles. The third-order valence-corrected chi connectivity index (χ3v) is 3.52. The molecular weight excluding hydrogens is 220 g/mol. The maximum absolute atomic E-state index is 12.4. The Hall–Kier alpha value is -0.960. The van der Waals surface area contributed by atoms with Crippen LogP contribution in [0.3, 0.4) is 0 Å². The Morgan fingerprint density at radius 1 is 1.24 bits per heavy atom. The van der Waals surface area contributed by atoms with Crippen LogP contribution in [0.2, 0.25) is 0 Å². The molecule has 2 unspecified atom stereocenters. The zero-order chi connectivity index (χ0) is 12.3. The van der Waals surface area contributed by atoms with Crippen molar-refractivity contribution in [2.24, 2.45) is 5.92 Å². The first kappa shape index (κ1) is 12.5. The van der Waals surface area contributed by atoms with E-state index in [9.17, 15) is 8.78 Å². The molecule has 0 spiro atoms. The molecule has 17 heavy (non-hydrogen) atoms. The van der Waals surface area contributed by atoms with Gasteiger partial charge < -0.3 is 5.32 Å². The van der Waals surface area contributed by atoms with E-state index < -0.39 is 6.43 Å². The lowest BCUT2D eigenvalue weighted by atomic mass is 10.1. The molecular formula is C14H19F2N. The number of rotatable bonds is 4. The summed E-state index contributed by atoms with van der Waals surface area (Å²) in [7, 11) is 0. The highest BCUT2D eigenvalue weighted by Gasteiger charge is 2.20. The van der Waals surface area contributed by atoms with Gasteiger partial charge in [-0.1, -0.05) is 31.2 Å². The zero-order valence-corrected chi connectivity index (χ0v) is 10.1. The Morgan fingerprint density at radius 3 is 2.47 bits per heavy atom. The van der Waals surface area contributed by atoms with Crippen LogP contribution in [0.1, 0.15) is 43.7 Å². The van der Waals surface area contributed by atoms with E-state index in [1.165, 1.54) is 31.4 Å². The Balaban J connectivity index is 1.83. The summed E-state index contributed by atoms with van der Waals surface area (Å²) in [5.74, 6) is 0.814. The quantitative estimate of drug-likeness (QED) is 0.840. The Bertz CT molecular complexity index is 348. The number of halogens is 2. The van der Waals surface area contributed by atoms with Crippen molar-refractivity contribution in [1.29, 1.82) is 0 Å². The van der Waals surface area contributed by atoms with Crippen molar-refractivity contribution in [1.82, 2.24) is 5.32 Å². The molecule has 0 amide bonds. The van der Waals surface area contributed by atoms with E-state index >= 15 is 0 Å². The van der Waals surface area contributed by atoms with Crippen LogP contribution in [-0.4, -0.2) is 6.04 Å².